The standard InChI is InChI=1S/C21H25NO4S/c1-15-5-3-4-6-21(15)26-18-9-11-20(12-10-18)27(23,24)22-16-7-8-17(22)14-19(13-16)25-2/h3-6,9-12,16-17,19H,7-8,13-14H2,1-2H3. The number of hydrogen-bond donors (Lipinski definition) is 0. The first kappa shape index (κ1) is 18.5. The molecule has 0 aromatic heterocycles. The van der Waals surface area contributed by atoms with Crippen LogP contribution in [0.4, 0.5) is 0 Å². The van der Waals surface area contributed by atoms with Gasteiger partial charge in [-0.15, -0.1) is 0 Å². The van der Waals surface area contributed by atoms with E-state index in [0.29, 0.717) is 10.6 Å². The van der Waals surface area contributed by atoms with Crippen molar-refractivity contribution >= 4 is 10.0 Å². The fourth-order valence-electron chi connectivity index (χ4n) is 4.27. The van der Waals surface area contributed by atoms with Crippen LogP contribution in [0.15, 0.2) is 53.4 Å². The van der Waals surface area contributed by atoms with E-state index in [4.69, 9.17) is 9.47 Å². The third kappa shape index (κ3) is 3.49. The second-order valence-corrected chi connectivity index (χ2v) is 9.23. The molecule has 0 N–H and O–H groups in total. The minimum Gasteiger partial charge on any atom is -0.457 e. The molecule has 0 saturated carbocycles. The summed E-state index contributed by atoms with van der Waals surface area (Å²) in [6, 6.07) is 14.6. The maximum absolute atomic E-state index is 13.2. The first-order valence-corrected chi connectivity index (χ1v) is 10.8. The van der Waals surface area contributed by atoms with Gasteiger partial charge in [0.15, 0.2) is 0 Å². The van der Waals surface area contributed by atoms with Crippen LogP contribution < -0.4 is 4.74 Å². The molecule has 0 spiro atoms. The first-order valence-electron chi connectivity index (χ1n) is 9.39. The second kappa shape index (κ2) is 7.26. The van der Waals surface area contributed by atoms with Crippen LogP contribution in [0.2, 0.25) is 0 Å². The minimum atomic E-state index is -3.51. The van der Waals surface area contributed by atoms with E-state index in [9.17, 15) is 8.42 Å². The van der Waals surface area contributed by atoms with Crippen molar-refractivity contribution < 1.29 is 17.9 Å². The summed E-state index contributed by atoms with van der Waals surface area (Å²) in [6.45, 7) is 1.98. The lowest BCUT2D eigenvalue weighted by Gasteiger charge is -2.37. The molecule has 2 aliphatic heterocycles. The van der Waals surface area contributed by atoms with Gasteiger partial charge in [-0.1, -0.05) is 18.2 Å². The number of rotatable bonds is 5. The number of methoxy groups -OCH3 is 1. The molecule has 2 atom stereocenters. The summed E-state index contributed by atoms with van der Waals surface area (Å²) in [5, 5.41) is 0. The Kier molecular flexibility index (Phi) is 4.97. The van der Waals surface area contributed by atoms with Crippen LogP contribution in [-0.4, -0.2) is 38.0 Å². The van der Waals surface area contributed by atoms with Crippen LogP contribution in [0.25, 0.3) is 0 Å². The van der Waals surface area contributed by atoms with Gasteiger partial charge >= 0.3 is 0 Å². The summed E-state index contributed by atoms with van der Waals surface area (Å²) in [7, 11) is -1.80. The maximum Gasteiger partial charge on any atom is 0.243 e. The third-order valence-corrected chi connectivity index (χ3v) is 7.70. The SMILES string of the molecule is COC1CC2CCC(C1)N2S(=O)(=O)c1ccc(Oc2ccccc2C)cc1. The monoisotopic (exact) mass is 387 g/mol. The number of hydrogen-bond acceptors (Lipinski definition) is 4. The smallest absolute Gasteiger partial charge is 0.243 e. The van der Waals surface area contributed by atoms with E-state index in [1.54, 1.807) is 35.7 Å². The van der Waals surface area contributed by atoms with Gasteiger partial charge in [0.05, 0.1) is 11.0 Å². The van der Waals surface area contributed by atoms with Crippen molar-refractivity contribution in [2.24, 2.45) is 0 Å². The van der Waals surface area contributed by atoms with Crippen LogP contribution in [0.3, 0.4) is 0 Å². The molecule has 2 aliphatic rings. The molecule has 2 heterocycles. The molecule has 4 rings (SSSR count). The van der Waals surface area contributed by atoms with Gasteiger partial charge in [-0.25, -0.2) is 8.42 Å². The lowest BCUT2D eigenvalue weighted by Crippen LogP contribution is -2.48. The van der Waals surface area contributed by atoms with Crippen LogP contribution in [0.1, 0.15) is 31.2 Å². The summed E-state index contributed by atoms with van der Waals surface area (Å²) in [5.41, 5.74) is 1.03. The molecule has 0 radical (unpaired) electrons. The Morgan fingerprint density at radius 3 is 2.19 bits per heavy atom. The highest BCUT2D eigenvalue weighted by Crippen LogP contribution is 2.40. The normalized spacial score (nSPS) is 25.5. The summed E-state index contributed by atoms with van der Waals surface area (Å²) >= 11 is 0. The Labute approximate surface area is 161 Å². The molecule has 0 amide bonds. The van der Waals surface area contributed by atoms with Gasteiger partial charge in [0, 0.05) is 19.2 Å². The number of piperidine rings is 1. The molecule has 144 valence electrons. The largest absolute Gasteiger partial charge is 0.457 e. The van der Waals surface area contributed by atoms with Gasteiger partial charge < -0.3 is 9.47 Å². The molecule has 5 nitrogen and oxygen atoms in total. The van der Waals surface area contributed by atoms with E-state index in [0.717, 1.165) is 37.0 Å². The zero-order valence-electron chi connectivity index (χ0n) is 15.7. The van der Waals surface area contributed by atoms with Gasteiger partial charge in [-0.2, -0.15) is 4.31 Å². The van der Waals surface area contributed by atoms with Crippen molar-refractivity contribution in [3.63, 3.8) is 0 Å². The van der Waals surface area contributed by atoms with E-state index in [2.05, 4.69) is 0 Å². The molecule has 0 aliphatic carbocycles. The van der Waals surface area contributed by atoms with E-state index in [1.807, 2.05) is 31.2 Å². The molecule has 6 heteroatoms. The molecule has 27 heavy (non-hydrogen) atoms. The lowest BCUT2D eigenvalue weighted by atomic mass is 10.0. The van der Waals surface area contributed by atoms with Crippen LogP contribution >= 0.6 is 0 Å². The van der Waals surface area contributed by atoms with E-state index < -0.39 is 10.0 Å². The van der Waals surface area contributed by atoms with Crippen molar-refractivity contribution in [3.05, 3.63) is 54.1 Å². The quantitative estimate of drug-likeness (QED) is 0.774. The number of nitrogens with zero attached hydrogens (tertiary/aromatic N) is 1. The number of para-hydroxylation sites is 1. The number of benzene rings is 2. The van der Waals surface area contributed by atoms with Crippen molar-refractivity contribution in [1.29, 1.82) is 0 Å². The minimum absolute atomic E-state index is 0.0431. The Bertz CT molecular complexity index is 896. The Morgan fingerprint density at radius 1 is 0.963 bits per heavy atom. The predicted octanol–water partition coefficient (Wildman–Crippen LogP) is 4.12. The third-order valence-electron chi connectivity index (χ3n) is 5.68. The molecular weight excluding hydrogens is 362 g/mol. The van der Waals surface area contributed by atoms with Gasteiger partial charge in [-0.3, -0.25) is 0 Å². The van der Waals surface area contributed by atoms with Crippen LogP contribution in [0, 0.1) is 6.92 Å². The lowest BCUT2D eigenvalue weighted by molar-refractivity contribution is 0.0349. The van der Waals surface area contributed by atoms with E-state index in [-0.39, 0.29) is 18.2 Å². The van der Waals surface area contributed by atoms with Crippen LogP contribution in [-0.2, 0) is 14.8 Å². The summed E-state index contributed by atoms with van der Waals surface area (Å²) < 4.78 is 39.5. The molecule has 2 aromatic carbocycles. The average molecular weight is 388 g/mol. The number of ether oxygens (including phenoxy) is 2. The summed E-state index contributed by atoms with van der Waals surface area (Å²) in [6.07, 6.45) is 3.55. The molecule has 2 unspecified atom stereocenters. The zero-order valence-corrected chi connectivity index (χ0v) is 16.5. The topological polar surface area (TPSA) is 55.8 Å². The summed E-state index contributed by atoms with van der Waals surface area (Å²) in [5.74, 6) is 1.40. The van der Waals surface area contributed by atoms with Crippen molar-refractivity contribution in [1.82, 2.24) is 4.31 Å². The molecule has 2 saturated heterocycles. The maximum atomic E-state index is 13.2. The molecule has 2 fully saturated rings. The second-order valence-electron chi connectivity index (χ2n) is 7.39. The van der Waals surface area contributed by atoms with Crippen molar-refractivity contribution in [2.75, 3.05) is 7.11 Å². The first-order chi connectivity index (χ1) is 13.0. The van der Waals surface area contributed by atoms with Crippen molar-refractivity contribution in [2.45, 2.75) is 55.7 Å². The van der Waals surface area contributed by atoms with Gasteiger partial charge in [-0.05, 0) is 68.5 Å². The molecule has 2 bridgehead atoms. The zero-order chi connectivity index (χ0) is 19.0. The highest BCUT2D eigenvalue weighted by Gasteiger charge is 2.47. The molecular formula is C21H25NO4S. The van der Waals surface area contributed by atoms with Gasteiger partial charge in [0.2, 0.25) is 10.0 Å². The Balaban J connectivity index is 1.54. The molecule has 2 aromatic rings. The fraction of sp³-hybridized carbons (Fsp3) is 0.429. The van der Waals surface area contributed by atoms with E-state index in [1.165, 1.54) is 0 Å². The Morgan fingerprint density at radius 2 is 1.59 bits per heavy atom. The Hall–Kier alpha value is -1.89. The van der Waals surface area contributed by atoms with Crippen LogP contribution in [0.5, 0.6) is 11.5 Å². The predicted molar refractivity (Wildman–Crippen MR) is 104 cm³/mol. The number of fused-ring (bicyclic) bond motifs is 2. The highest BCUT2D eigenvalue weighted by molar-refractivity contribution is 7.89. The van der Waals surface area contributed by atoms with Gasteiger partial charge in [0.1, 0.15) is 11.5 Å². The highest BCUT2D eigenvalue weighted by atomic mass is 32.2. The average Bonchev–Trinajstić information content (AvgIpc) is 2.95. The summed E-state index contributed by atoms with van der Waals surface area (Å²) in [4.78, 5) is 0.326. The van der Waals surface area contributed by atoms with Crippen molar-refractivity contribution in [3.8, 4) is 11.5 Å². The van der Waals surface area contributed by atoms with Gasteiger partial charge in [0.25, 0.3) is 0 Å². The fourth-order valence-corrected chi connectivity index (χ4v) is 6.16. The van der Waals surface area contributed by atoms with E-state index >= 15 is 0 Å². The number of aryl methyl sites for hydroxylation is 1. The number of sulfonamides is 1.